The molecule has 0 saturated heterocycles. The van der Waals surface area contributed by atoms with Crippen molar-refractivity contribution in [3.05, 3.63) is 24.3 Å². The van der Waals surface area contributed by atoms with E-state index in [1.807, 2.05) is 12.1 Å². The number of benzene rings is 1. The molecule has 0 radical (unpaired) electrons. The fraction of sp³-hybridized carbons (Fsp3) is 0.333. The van der Waals surface area contributed by atoms with Gasteiger partial charge in [-0.15, -0.1) is 0 Å². The fourth-order valence-electron chi connectivity index (χ4n) is 0.900. The topological polar surface area (TPSA) is 38.7 Å². The van der Waals surface area contributed by atoms with Crippen molar-refractivity contribution in [1.29, 1.82) is 0 Å². The van der Waals surface area contributed by atoms with Crippen LogP contribution in [0.1, 0.15) is 6.92 Å². The molecule has 0 heterocycles. The molecule has 0 aromatic heterocycles. The molecular formula is C9H12O3. The van der Waals surface area contributed by atoms with E-state index in [0.29, 0.717) is 11.5 Å². The Labute approximate surface area is 71.5 Å². The van der Waals surface area contributed by atoms with Crippen LogP contribution in [0, 0.1) is 0 Å². The van der Waals surface area contributed by atoms with E-state index in [9.17, 15) is 0 Å². The molecule has 3 nitrogen and oxygen atoms in total. The molecule has 3 heteroatoms. The van der Waals surface area contributed by atoms with Crippen LogP contribution in [0.15, 0.2) is 24.3 Å². The van der Waals surface area contributed by atoms with Gasteiger partial charge in [0, 0.05) is 0 Å². The van der Waals surface area contributed by atoms with Gasteiger partial charge in [0.15, 0.2) is 17.8 Å². The quantitative estimate of drug-likeness (QED) is 0.693. The van der Waals surface area contributed by atoms with Gasteiger partial charge in [0.2, 0.25) is 0 Å². The Hall–Kier alpha value is -1.22. The lowest BCUT2D eigenvalue weighted by atomic mass is 10.3. The van der Waals surface area contributed by atoms with Gasteiger partial charge in [0.05, 0.1) is 7.11 Å². The van der Waals surface area contributed by atoms with E-state index in [4.69, 9.17) is 14.6 Å². The molecule has 0 spiro atoms. The van der Waals surface area contributed by atoms with Gasteiger partial charge in [0.1, 0.15) is 0 Å². The van der Waals surface area contributed by atoms with Gasteiger partial charge in [-0.1, -0.05) is 12.1 Å². The maximum atomic E-state index is 8.95. The minimum absolute atomic E-state index is 0.551. The number of hydrogen-bond donors (Lipinski definition) is 1. The molecule has 0 fully saturated rings. The van der Waals surface area contributed by atoms with Gasteiger partial charge in [0.25, 0.3) is 0 Å². The van der Waals surface area contributed by atoms with Crippen molar-refractivity contribution in [3.8, 4) is 11.5 Å². The van der Waals surface area contributed by atoms with E-state index in [-0.39, 0.29) is 0 Å². The molecule has 66 valence electrons. The summed E-state index contributed by atoms with van der Waals surface area (Å²) in [6.45, 7) is 1.55. The maximum Gasteiger partial charge on any atom is 0.194 e. The lowest BCUT2D eigenvalue weighted by Crippen LogP contribution is -2.10. The summed E-state index contributed by atoms with van der Waals surface area (Å²) in [7, 11) is 1.56. The minimum atomic E-state index is -0.818. The van der Waals surface area contributed by atoms with Crippen molar-refractivity contribution >= 4 is 0 Å². The number of aliphatic hydroxyl groups is 1. The predicted molar refractivity (Wildman–Crippen MR) is 45.3 cm³/mol. The van der Waals surface area contributed by atoms with Gasteiger partial charge in [-0.3, -0.25) is 0 Å². The maximum absolute atomic E-state index is 8.95. The largest absolute Gasteiger partial charge is 0.493 e. The van der Waals surface area contributed by atoms with Crippen molar-refractivity contribution in [2.75, 3.05) is 7.11 Å². The summed E-state index contributed by atoms with van der Waals surface area (Å²) in [6, 6.07) is 7.18. The monoisotopic (exact) mass is 168 g/mol. The number of para-hydroxylation sites is 2. The van der Waals surface area contributed by atoms with Crippen LogP contribution in [0.25, 0.3) is 0 Å². The summed E-state index contributed by atoms with van der Waals surface area (Å²) in [6.07, 6.45) is -0.818. The van der Waals surface area contributed by atoms with Crippen molar-refractivity contribution in [2.45, 2.75) is 13.2 Å². The Morgan fingerprint density at radius 2 is 1.83 bits per heavy atom. The lowest BCUT2D eigenvalue weighted by molar-refractivity contribution is -0.00205. The van der Waals surface area contributed by atoms with Crippen LogP contribution >= 0.6 is 0 Å². The highest BCUT2D eigenvalue weighted by atomic mass is 16.6. The number of ether oxygens (including phenoxy) is 2. The summed E-state index contributed by atoms with van der Waals surface area (Å²) in [5.74, 6) is 1.17. The van der Waals surface area contributed by atoms with E-state index >= 15 is 0 Å². The normalized spacial score (nSPS) is 12.2. The van der Waals surface area contributed by atoms with Crippen LogP contribution in [0.2, 0.25) is 0 Å². The molecule has 1 aromatic carbocycles. The molecule has 0 saturated carbocycles. The smallest absolute Gasteiger partial charge is 0.194 e. The summed E-state index contributed by atoms with van der Waals surface area (Å²) >= 11 is 0. The first kappa shape index (κ1) is 8.87. The predicted octanol–water partition coefficient (Wildman–Crippen LogP) is 1.41. The zero-order valence-corrected chi connectivity index (χ0v) is 7.15. The average molecular weight is 168 g/mol. The molecule has 0 aliphatic rings. The van der Waals surface area contributed by atoms with Crippen LogP contribution in [0.4, 0.5) is 0 Å². The van der Waals surface area contributed by atoms with Gasteiger partial charge in [-0.25, -0.2) is 0 Å². The van der Waals surface area contributed by atoms with E-state index in [0.717, 1.165) is 0 Å². The summed E-state index contributed by atoms with van der Waals surface area (Å²) in [5, 5.41) is 8.95. The first-order chi connectivity index (χ1) is 5.74. The Morgan fingerprint density at radius 3 is 2.33 bits per heavy atom. The highest BCUT2D eigenvalue weighted by molar-refractivity contribution is 5.39. The zero-order valence-electron chi connectivity index (χ0n) is 7.15. The number of hydrogen-bond acceptors (Lipinski definition) is 3. The van der Waals surface area contributed by atoms with Crippen LogP contribution in [-0.4, -0.2) is 18.5 Å². The molecule has 1 N–H and O–H groups in total. The Kier molecular flexibility index (Phi) is 2.94. The SMILES string of the molecule is COc1ccccc1OC(C)O. The number of rotatable bonds is 3. The molecular weight excluding hydrogens is 156 g/mol. The highest BCUT2D eigenvalue weighted by Gasteiger charge is 2.04. The molecule has 0 bridgehead atoms. The van der Waals surface area contributed by atoms with E-state index in [1.165, 1.54) is 0 Å². The molecule has 12 heavy (non-hydrogen) atoms. The van der Waals surface area contributed by atoms with E-state index < -0.39 is 6.29 Å². The van der Waals surface area contributed by atoms with Crippen LogP contribution in [0.3, 0.4) is 0 Å². The summed E-state index contributed by atoms with van der Waals surface area (Å²) < 4.78 is 10.1. The van der Waals surface area contributed by atoms with Crippen molar-refractivity contribution in [1.82, 2.24) is 0 Å². The highest BCUT2D eigenvalue weighted by Crippen LogP contribution is 2.26. The van der Waals surface area contributed by atoms with Crippen molar-refractivity contribution in [2.24, 2.45) is 0 Å². The number of methoxy groups -OCH3 is 1. The van der Waals surface area contributed by atoms with Gasteiger partial charge in [-0.05, 0) is 19.1 Å². The molecule has 1 aromatic rings. The Bertz CT molecular complexity index is 245. The second-order valence-electron chi connectivity index (χ2n) is 2.37. The van der Waals surface area contributed by atoms with Crippen LogP contribution < -0.4 is 9.47 Å². The van der Waals surface area contributed by atoms with E-state index in [2.05, 4.69) is 0 Å². The molecule has 1 atom stereocenters. The molecule has 0 amide bonds. The molecule has 0 aliphatic carbocycles. The second-order valence-corrected chi connectivity index (χ2v) is 2.37. The zero-order chi connectivity index (χ0) is 8.97. The first-order valence-corrected chi connectivity index (χ1v) is 3.72. The van der Waals surface area contributed by atoms with Crippen LogP contribution in [-0.2, 0) is 0 Å². The van der Waals surface area contributed by atoms with Gasteiger partial charge < -0.3 is 14.6 Å². The molecule has 1 rings (SSSR count). The third-order valence-electron chi connectivity index (χ3n) is 1.37. The van der Waals surface area contributed by atoms with Crippen LogP contribution in [0.5, 0.6) is 11.5 Å². The fourth-order valence-corrected chi connectivity index (χ4v) is 0.900. The summed E-state index contributed by atoms with van der Waals surface area (Å²) in [5.41, 5.74) is 0. The second kappa shape index (κ2) is 3.97. The molecule has 1 unspecified atom stereocenters. The van der Waals surface area contributed by atoms with E-state index in [1.54, 1.807) is 26.2 Å². The van der Waals surface area contributed by atoms with Crippen molar-refractivity contribution < 1.29 is 14.6 Å². The average Bonchev–Trinajstić information content (AvgIpc) is 2.04. The Morgan fingerprint density at radius 1 is 1.25 bits per heavy atom. The van der Waals surface area contributed by atoms with Crippen molar-refractivity contribution in [3.63, 3.8) is 0 Å². The Balaban J connectivity index is 2.82. The number of aliphatic hydroxyl groups excluding tert-OH is 1. The summed E-state index contributed by atoms with van der Waals surface area (Å²) in [4.78, 5) is 0. The standard InChI is InChI=1S/C9H12O3/c1-7(10)12-9-6-4-3-5-8(9)11-2/h3-7,10H,1-2H3. The third kappa shape index (κ3) is 2.13. The first-order valence-electron chi connectivity index (χ1n) is 3.72. The minimum Gasteiger partial charge on any atom is -0.493 e. The van der Waals surface area contributed by atoms with Gasteiger partial charge in [-0.2, -0.15) is 0 Å². The van der Waals surface area contributed by atoms with Gasteiger partial charge >= 0.3 is 0 Å². The lowest BCUT2D eigenvalue weighted by Gasteiger charge is -2.11. The third-order valence-corrected chi connectivity index (χ3v) is 1.37. The molecule has 0 aliphatic heterocycles.